The molecule has 2 aromatic rings. The van der Waals surface area contributed by atoms with Crippen LogP contribution >= 0.6 is 0 Å². The van der Waals surface area contributed by atoms with Crippen LogP contribution in [0, 0.1) is 10.1 Å². The van der Waals surface area contributed by atoms with Crippen LogP contribution in [0.15, 0.2) is 42.5 Å². The summed E-state index contributed by atoms with van der Waals surface area (Å²) in [4.78, 5) is 34.6. The number of hydrogen-bond acceptors (Lipinski definition) is 8. The average molecular weight is 457 g/mol. The maximum absolute atomic E-state index is 12.1. The molecule has 0 aromatic heterocycles. The van der Waals surface area contributed by atoms with Crippen LogP contribution < -0.4 is 15.4 Å². The molecule has 0 spiro atoms. The fourth-order valence-corrected chi connectivity index (χ4v) is 2.40. The second-order valence-electron chi connectivity index (χ2n) is 6.11. The van der Waals surface area contributed by atoms with Gasteiger partial charge >= 0.3 is 12.3 Å². The van der Waals surface area contributed by atoms with Crippen molar-refractivity contribution in [2.45, 2.75) is 6.36 Å². The van der Waals surface area contributed by atoms with E-state index in [1.807, 2.05) is 0 Å². The van der Waals surface area contributed by atoms with Crippen molar-refractivity contribution < 1.29 is 41.9 Å². The van der Waals surface area contributed by atoms with Gasteiger partial charge in [0.05, 0.1) is 17.1 Å². The third-order valence-corrected chi connectivity index (χ3v) is 3.76. The highest BCUT2D eigenvalue weighted by atomic mass is 19.4. The number of methoxy groups -OCH3 is 1. The third kappa shape index (κ3) is 7.75. The molecule has 10 nitrogen and oxygen atoms in total. The van der Waals surface area contributed by atoms with Crippen molar-refractivity contribution in [3.63, 3.8) is 0 Å². The predicted octanol–water partition coefficient (Wildman–Crippen LogP) is 3.35. The van der Waals surface area contributed by atoms with Crippen LogP contribution in [0.1, 0.15) is 10.4 Å². The number of halogens is 3. The van der Waals surface area contributed by atoms with Crippen LogP contribution in [0.3, 0.4) is 0 Å². The number of nitrogens with zero attached hydrogens (tertiary/aromatic N) is 1. The number of carbonyl (C=O) groups excluding carboxylic acids is 2. The molecule has 0 aliphatic rings. The Labute approximate surface area is 179 Å². The summed E-state index contributed by atoms with van der Waals surface area (Å²) in [6, 6.07) is 7.96. The van der Waals surface area contributed by atoms with Crippen molar-refractivity contribution in [3.8, 4) is 5.75 Å². The van der Waals surface area contributed by atoms with Gasteiger partial charge < -0.3 is 24.8 Å². The first-order valence-corrected chi connectivity index (χ1v) is 8.93. The molecule has 172 valence electrons. The largest absolute Gasteiger partial charge is 0.573 e. The Kier molecular flexibility index (Phi) is 8.35. The normalized spacial score (nSPS) is 10.9. The highest BCUT2D eigenvalue weighted by Gasteiger charge is 2.31. The van der Waals surface area contributed by atoms with Gasteiger partial charge in [0.2, 0.25) is 0 Å². The zero-order chi connectivity index (χ0) is 23.7. The molecule has 0 unspecified atom stereocenters. The molecule has 1 amide bonds. The molecule has 0 aliphatic carbocycles. The number of ether oxygens (including phenoxy) is 3. The van der Waals surface area contributed by atoms with Gasteiger partial charge in [0, 0.05) is 25.4 Å². The van der Waals surface area contributed by atoms with Crippen molar-refractivity contribution in [3.05, 3.63) is 58.1 Å². The van der Waals surface area contributed by atoms with Crippen molar-refractivity contribution in [2.75, 3.05) is 37.5 Å². The van der Waals surface area contributed by atoms with Gasteiger partial charge in [-0.05, 0) is 36.4 Å². The van der Waals surface area contributed by atoms with E-state index in [1.165, 1.54) is 31.4 Å². The van der Waals surface area contributed by atoms with E-state index in [2.05, 4.69) is 15.4 Å². The fraction of sp³-hybridized carbons (Fsp3) is 0.263. The number of nitrogens with one attached hydrogen (secondary N) is 2. The maximum atomic E-state index is 12.1. The lowest BCUT2D eigenvalue weighted by atomic mass is 10.1. The van der Waals surface area contributed by atoms with Crippen LogP contribution in [0.5, 0.6) is 5.75 Å². The first kappa shape index (κ1) is 24.4. The third-order valence-electron chi connectivity index (χ3n) is 3.76. The summed E-state index contributed by atoms with van der Waals surface area (Å²) in [7, 11) is 1.47. The van der Waals surface area contributed by atoms with Gasteiger partial charge in [0.15, 0.2) is 6.61 Å². The number of alkyl halides is 3. The van der Waals surface area contributed by atoms with Gasteiger partial charge in [-0.2, -0.15) is 0 Å². The minimum Gasteiger partial charge on any atom is -0.452 e. The standard InChI is InChI=1S/C19H18F3N3O7/c1-30-9-8-23-15-7-2-12(10-16(15)25(28)29)18(27)31-11-17(26)24-13-3-5-14(6-4-13)32-19(20,21)22/h2-7,10,23H,8-9,11H2,1H3,(H,24,26). The molecule has 0 heterocycles. The van der Waals surface area contributed by atoms with Crippen LogP contribution in [-0.4, -0.2) is 50.0 Å². The molecule has 32 heavy (non-hydrogen) atoms. The van der Waals surface area contributed by atoms with E-state index < -0.39 is 35.5 Å². The second-order valence-corrected chi connectivity index (χ2v) is 6.11. The molecule has 0 saturated heterocycles. The molecule has 0 bridgehead atoms. The minimum atomic E-state index is -4.84. The molecular formula is C19H18F3N3O7. The molecule has 0 radical (unpaired) electrons. The average Bonchev–Trinajstić information content (AvgIpc) is 2.72. The summed E-state index contributed by atoms with van der Waals surface area (Å²) < 4.78 is 49.8. The number of esters is 1. The van der Waals surface area contributed by atoms with Crippen molar-refractivity contribution in [1.29, 1.82) is 0 Å². The summed E-state index contributed by atoms with van der Waals surface area (Å²) in [5.41, 5.74) is -0.182. The maximum Gasteiger partial charge on any atom is 0.573 e. The number of carbonyl (C=O) groups is 2. The number of nitro benzene ring substituents is 1. The highest BCUT2D eigenvalue weighted by molar-refractivity contribution is 5.96. The number of amides is 1. The summed E-state index contributed by atoms with van der Waals surface area (Å²) in [6.45, 7) is -0.0972. The molecule has 13 heteroatoms. The van der Waals surface area contributed by atoms with Crippen molar-refractivity contribution in [1.82, 2.24) is 0 Å². The van der Waals surface area contributed by atoms with Gasteiger partial charge in [0.25, 0.3) is 11.6 Å². The molecule has 0 atom stereocenters. The van der Waals surface area contributed by atoms with E-state index in [4.69, 9.17) is 9.47 Å². The molecule has 2 aromatic carbocycles. The van der Waals surface area contributed by atoms with Crippen molar-refractivity contribution in [2.24, 2.45) is 0 Å². The predicted molar refractivity (Wildman–Crippen MR) is 105 cm³/mol. The van der Waals surface area contributed by atoms with Gasteiger partial charge in [-0.1, -0.05) is 0 Å². The summed E-state index contributed by atoms with van der Waals surface area (Å²) in [5.74, 6) is -2.21. The molecule has 0 fully saturated rings. The summed E-state index contributed by atoms with van der Waals surface area (Å²) >= 11 is 0. The van der Waals surface area contributed by atoms with Crippen molar-refractivity contribution >= 4 is 28.9 Å². The first-order chi connectivity index (χ1) is 15.1. The SMILES string of the molecule is COCCNc1ccc(C(=O)OCC(=O)Nc2ccc(OC(F)(F)F)cc2)cc1[N+](=O)[O-]. The van der Waals surface area contributed by atoms with Gasteiger partial charge in [0.1, 0.15) is 11.4 Å². The number of anilines is 2. The van der Waals surface area contributed by atoms with E-state index in [1.54, 1.807) is 0 Å². The number of rotatable bonds is 10. The summed E-state index contributed by atoms with van der Waals surface area (Å²) in [6.07, 6.45) is -4.84. The second kappa shape index (κ2) is 10.9. The van der Waals surface area contributed by atoms with E-state index in [0.29, 0.717) is 13.2 Å². The Morgan fingerprint density at radius 2 is 1.81 bits per heavy atom. The van der Waals surface area contributed by atoms with Crippen LogP contribution in [0.4, 0.5) is 30.2 Å². The number of benzene rings is 2. The van der Waals surface area contributed by atoms with Crippen LogP contribution in [-0.2, 0) is 14.3 Å². The monoisotopic (exact) mass is 457 g/mol. The number of nitro groups is 1. The van der Waals surface area contributed by atoms with E-state index in [-0.39, 0.29) is 22.6 Å². The lowest BCUT2D eigenvalue weighted by Crippen LogP contribution is -2.21. The van der Waals surface area contributed by atoms with Gasteiger partial charge in [-0.3, -0.25) is 14.9 Å². The molecule has 2 rings (SSSR count). The van der Waals surface area contributed by atoms with Gasteiger partial charge in [-0.25, -0.2) is 4.79 Å². The quantitative estimate of drug-likeness (QED) is 0.241. The molecule has 0 aliphatic heterocycles. The Balaban J connectivity index is 1.93. The minimum absolute atomic E-state index is 0.141. The molecule has 2 N–H and O–H groups in total. The Morgan fingerprint density at radius 1 is 1.12 bits per heavy atom. The zero-order valence-electron chi connectivity index (χ0n) is 16.6. The Hall–Kier alpha value is -3.87. The highest BCUT2D eigenvalue weighted by Crippen LogP contribution is 2.26. The lowest BCUT2D eigenvalue weighted by molar-refractivity contribution is -0.384. The van der Waals surface area contributed by atoms with Gasteiger partial charge in [-0.15, -0.1) is 13.2 Å². The fourth-order valence-electron chi connectivity index (χ4n) is 2.40. The Bertz CT molecular complexity index is 966. The van der Waals surface area contributed by atoms with E-state index in [0.717, 1.165) is 18.2 Å². The zero-order valence-corrected chi connectivity index (χ0v) is 16.6. The van der Waals surface area contributed by atoms with Crippen LogP contribution in [0.25, 0.3) is 0 Å². The van der Waals surface area contributed by atoms with E-state index in [9.17, 15) is 32.9 Å². The van der Waals surface area contributed by atoms with Crippen LogP contribution in [0.2, 0.25) is 0 Å². The Morgan fingerprint density at radius 3 is 2.41 bits per heavy atom. The number of hydrogen-bond donors (Lipinski definition) is 2. The smallest absolute Gasteiger partial charge is 0.452 e. The molecular weight excluding hydrogens is 439 g/mol. The first-order valence-electron chi connectivity index (χ1n) is 8.93. The van der Waals surface area contributed by atoms with E-state index >= 15 is 0 Å². The topological polar surface area (TPSA) is 129 Å². The molecule has 0 saturated carbocycles. The summed E-state index contributed by atoms with van der Waals surface area (Å²) in [5, 5.41) is 16.4. The lowest BCUT2D eigenvalue weighted by Gasteiger charge is -2.10.